The molecule has 0 saturated carbocycles. The van der Waals surface area contributed by atoms with Gasteiger partial charge in [0.15, 0.2) is 17.3 Å². The lowest BCUT2D eigenvalue weighted by atomic mass is 10.0. The summed E-state index contributed by atoms with van der Waals surface area (Å²) >= 11 is 0. The summed E-state index contributed by atoms with van der Waals surface area (Å²) in [5.74, 6) is -3.65. The van der Waals surface area contributed by atoms with Crippen LogP contribution in [0.1, 0.15) is 21.5 Å². The van der Waals surface area contributed by atoms with Gasteiger partial charge in [0, 0.05) is 12.7 Å². The number of carbonyl (C=O) groups is 1. The van der Waals surface area contributed by atoms with Gasteiger partial charge in [-0.25, -0.2) is 23.1 Å². The van der Waals surface area contributed by atoms with Gasteiger partial charge < -0.3 is 14.2 Å². The quantitative estimate of drug-likeness (QED) is 0.258. The molecule has 0 amide bonds. The van der Waals surface area contributed by atoms with Crippen molar-refractivity contribution in [2.24, 2.45) is 0 Å². The summed E-state index contributed by atoms with van der Waals surface area (Å²) in [6.45, 7) is 0.452. The Morgan fingerprint density at radius 3 is 2.59 bits per heavy atom. The molecule has 4 rings (SSSR count). The van der Waals surface area contributed by atoms with Crippen molar-refractivity contribution in [1.29, 1.82) is 0 Å². The first-order chi connectivity index (χ1) is 16.5. The monoisotopic (exact) mass is 468 g/mol. The lowest BCUT2D eigenvalue weighted by molar-refractivity contribution is 0.103. The number of carbonyl (C=O) groups excluding carboxylic acids is 1. The van der Waals surface area contributed by atoms with Crippen LogP contribution in [0.4, 0.5) is 13.2 Å². The molecular formula is C25H19F3N2O4. The van der Waals surface area contributed by atoms with Gasteiger partial charge in [0.1, 0.15) is 24.8 Å². The minimum Gasteiger partial charge on any atom is -0.486 e. The smallest absolute Gasteiger partial charge is 0.232 e. The van der Waals surface area contributed by atoms with E-state index in [-0.39, 0.29) is 30.4 Å². The third kappa shape index (κ3) is 5.15. The number of hydrogen-bond acceptors (Lipinski definition) is 6. The first-order valence-corrected chi connectivity index (χ1v) is 10.2. The first-order valence-electron chi connectivity index (χ1n) is 10.2. The molecule has 0 N–H and O–H groups in total. The number of fused-ring (bicyclic) bond motifs is 1. The largest absolute Gasteiger partial charge is 0.486 e. The molecule has 4 aromatic rings. The van der Waals surface area contributed by atoms with E-state index in [2.05, 4.69) is 9.97 Å². The fourth-order valence-electron chi connectivity index (χ4n) is 3.22. The lowest BCUT2D eigenvalue weighted by Gasteiger charge is -2.11. The lowest BCUT2D eigenvalue weighted by Crippen LogP contribution is -2.10. The molecule has 0 spiro atoms. The second-order valence-electron chi connectivity index (χ2n) is 7.24. The first kappa shape index (κ1) is 23.2. The number of methoxy groups -OCH3 is 1. The fourth-order valence-corrected chi connectivity index (χ4v) is 3.22. The summed E-state index contributed by atoms with van der Waals surface area (Å²) in [4.78, 5) is 21.5. The highest BCUT2D eigenvalue weighted by atomic mass is 19.1. The van der Waals surface area contributed by atoms with Gasteiger partial charge in [-0.3, -0.25) is 4.79 Å². The third-order valence-electron chi connectivity index (χ3n) is 4.89. The molecule has 0 aliphatic carbocycles. The minimum atomic E-state index is -1.15. The van der Waals surface area contributed by atoms with Crippen molar-refractivity contribution in [3.63, 3.8) is 0 Å². The highest BCUT2D eigenvalue weighted by Gasteiger charge is 2.23. The predicted octanol–water partition coefficient (Wildman–Crippen LogP) is 4.88. The number of ether oxygens (including phenoxy) is 3. The normalized spacial score (nSPS) is 10.9. The van der Waals surface area contributed by atoms with E-state index in [0.29, 0.717) is 23.2 Å². The third-order valence-corrected chi connectivity index (χ3v) is 4.89. The minimum absolute atomic E-state index is 0.0101. The molecule has 0 radical (unpaired) electrons. The molecule has 0 atom stereocenters. The Bertz CT molecular complexity index is 1350. The van der Waals surface area contributed by atoms with Gasteiger partial charge in [-0.05, 0) is 48.0 Å². The maximum absolute atomic E-state index is 15.1. The molecule has 0 bridgehead atoms. The molecular weight excluding hydrogens is 449 g/mol. The molecule has 0 fully saturated rings. The number of ketones is 1. The van der Waals surface area contributed by atoms with Crippen molar-refractivity contribution in [3.8, 4) is 11.6 Å². The van der Waals surface area contributed by atoms with Gasteiger partial charge in [-0.1, -0.05) is 12.1 Å². The average molecular weight is 468 g/mol. The Balaban J connectivity index is 1.60. The molecule has 0 aliphatic rings. The molecule has 34 heavy (non-hydrogen) atoms. The molecule has 174 valence electrons. The Morgan fingerprint density at radius 1 is 0.941 bits per heavy atom. The topological polar surface area (TPSA) is 70.5 Å². The zero-order valence-corrected chi connectivity index (χ0v) is 18.1. The van der Waals surface area contributed by atoms with Crippen LogP contribution in [0.25, 0.3) is 11.0 Å². The fraction of sp³-hybridized carbons (Fsp3) is 0.160. The van der Waals surface area contributed by atoms with Crippen LogP contribution < -0.4 is 9.47 Å². The number of nitrogens with zero attached hydrogens (tertiary/aromatic N) is 2. The van der Waals surface area contributed by atoms with Gasteiger partial charge in [0.2, 0.25) is 5.88 Å². The Morgan fingerprint density at radius 2 is 1.79 bits per heavy atom. The van der Waals surface area contributed by atoms with Gasteiger partial charge in [0.05, 0.1) is 29.4 Å². The maximum Gasteiger partial charge on any atom is 0.232 e. The second kappa shape index (κ2) is 10.3. The van der Waals surface area contributed by atoms with Gasteiger partial charge in [0.25, 0.3) is 0 Å². The van der Waals surface area contributed by atoms with Crippen LogP contribution in [0.5, 0.6) is 11.6 Å². The number of hydrogen-bond donors (Lipinski definition) is 0. The van der Waals surface area contributed by atoms with Gasteiger partial charge in [-0.15, -0.1) is 0 Å². The van der Waals surface area contributed by atoms with Gasteiger partial charge in [-0.2, -0.15) is 0 Å². The molecule has 1 aromatic heterocycles. The van der Waals surface area contributed by atoms with Crippen LogP contribution in [0.15, 0.2) is 60.8 Å². The Hall–Kier alpha value is -3.98. The molecule has 0 aliphatic heterocycles. The SMILES string of the molecule is COCCOc1cnc2ccc(C(=O)c3c(F)ccc(OCc4cccc(F)c4)c3F)cc2n1. The number of halogens is 3. The van der Waals surface area contributed by atoms with E-state index in [0.717, 1.165) is 12.1 Å². The number of benzene rings is 3. The molecule has 0 unspecified atom stereocenters. The highest BCUT2D eigenvalue weighted by molar-refractivity contribution is 6.10. The summed E-state index contributed by atoms with van der Waals surface area (Å²) in [6.07, 6.45) is 1.43. The van der Waals surface area contributed by atoms with Crippen LogP contribution in [0, 0.1) is 17.5 Å². The number of rotatable bonds is 9. The van der Waals surface area contributed by atoms with Crippen molar-refractivity contribution in [2.75, 3.05) is 20.3 Å². The second-order valence-corrected chi connectivity index (χ2v) is 7.24. The van der Waals surface area contributed by atoms with Crippen molar-refractivity contribution in [2.45, 2.75) is 6.61 Å². The molecule has 0 saturated heterocycles. The predicted molar refractivity (Wildman–Crippen MR) is 117 cm³/mol. The van der Waals surface area contributed by atoms with Crippen LogP contribution in [-0.4, -0.2) is 36.1 Å². The van der Waals surface area contributed by atoms with Crippen LogP contribution >= 0.6 is 0 Å². The highest BCUT2D eigenvalue weighted by Crippen LogP contribution is 2.27. The van der Waals surface area contributed by atoms with E-state index in [9.17, 15) is 13.6 Å². The number of aromatic nitrogens is 2. The van der Waals surface area contributed by atoms with E-state index in [1.807, 2.05) is 0 Å². The summed E-state index contributed by atoms with van der Waals surface area (Å²) in [5.41, 5.74) is 0.490. The van der Waals surface area contributed by atoms with Crippen molar-refractivity contribution < 1.29 is 32.2 Å². The van der Waals surface area contributed by atoms with Crippen LogP contribution in [0.3, 0.4) is 0 Å². The van der Waals surface area contributed by atoms with Crippen molar-refractivity contribution in [3.05, 3.63) is 94.9 Å². The maximum atomic E-state index is 15.1. The van der Waals surface area contributed by atoms with Gasteiger partial charge >= 0.3 is 0 Å². The molecule has 9 heteroatoms. The van der Waals surface area contributed by atoms with Crippen LogP contribution in [-0.2, 0) is 11.3 Å². The van der Waals surface area contributed by atoms with Crippen LogP contribution in [0.2, 0.25) is 0 Å². The van der Waals surface area contributed by atoms with E-state index in [1.54, 1.807) is 6.07 Å². The molecule has 6 nitrogen and oxygen atoms in total. The van der Waals surface area contributed by atoms with E-state index >= 15 is 4.39 Å². The summed E-state index contributed by atoms with van der Waals surface area (Å²) in [7, 11) is 1.53. The summed E-state index contributed by atoms with van der Waals surface area (Å²) in [5, 5.41) is 0. The standard InChI is InChI=1S/C25H19F3N2O4/c1-32-9-10-33-22-13-29-19-7-5-16(12-20(19)30-22)25(31)23-18(27)6-8-21(24(23)28)34-14-15-3-2-4-17(26)11-15/h2-8,11-13H,9-10,14H2,1H3. The average Bonchev–Trinajstić information content (AvgIpc) is 2.83. The zero-order chi connectivity index (χ0) is 24.1. The van der Waals surface area contributed by atoms with E-state index < -0.39 is 28.8 Å². The summed E-state index contributed by atoms with van der Waals surface area (Å²) < 4.78 is 58.7. The molecule has 3 aromatic carbocycles. The van der Waals surface area contributed by atoms with E-state index in [4.69, 9.17) is 14.2 Å². The van der Waals surface area contributed by atoms with Crippen molar-refractivity contribution in [1.82, 2.24) is 9.97 Å². The van der Waals surface area contributed by atoms with Crippen molar-refractivity contribution >= 4 is 16.8 Å². The van der Waals surface area contributed by atoms with E-state index in [1.165, 1.54) is 49.7 Å². The molecule has 1 heterocycles. The Labute approximate surface area is 192 Å². The zero-order valence-electron chi connectivity index (χ0n) is 18.1. The summed E-state index contributed by atoms with van der Waals surface area (Å²) in [6, 6.07) is 11.9. The Kier molecular flexibility index (Phi) is 7.03.